The Kier molecular flexibility index (Phi) is 6.54. The molecule has 4 aromatic rings. The van der Waals surface area contributed by atoms with Crippen molar-refractivity contribution >= 4 is 29.0 Å². The molecule has 0 unspecified atom stereocenters. The summed E-state index contributed by atoms with van der Waals surface area (Å²) in [5, 5.41) is 12.1. The molecule has 0 saturated heterocycles. The predicted octanol–water partition coefficient (Wildman–Crippen LogP) is 5.47. The van der Waals surface area contributed by atoms with E-state index >= 15 is 4.39 Å². The number of imidazole rings is 1. The smallest absolute Gasteiger partial charge is 0.416 e. The number of ether oxygens (including phenoxy) is 1. The molecule has 3 aliphatic rings. The fourth-order valence-electron chi connectivity index (χ4n) is 6.42. The van der Waals surface area contributed by atoms with E-state index in [4.69, 9.17) is 15.5 Å². The molecule has 4 N–H and O–H groups in total. The maximum atomic E-state index is 15.9. The Morgan fingerprint density at radius 2 is 1.77 bits per heavy atom. The van der Waals surface area contributed by atoms with Crippen molar-refractivity contribution in [3.8, 4) is 17.0 Å². The highest BCUT2D eigenvalue weighted by Gasteiger charge is 2.55. The average molecular weight is 599 g/mol. The molecule has 3 fully saturated rings. The van der Waals surface area contributed by atoms with E-state index in [1.807, 2.05) is 0 Å². The van der Waals surface area contributed by atoms with E-state index in [0.717, 1.165) is 18.3 Å². The molecule has 3 aromatic heterocycles. The summed E-state index contributed by atoms with van der Waals surface area (Å²) in [6, 6.07) is 3.61. The highest BCUT2D eigenvalue weighted by molar-refractivity contribution is 6.05. The number of pyridine rings is 1. The van der Waals surface area contributed by atoms with Crippen LogP contribution in [0, 0.1) is 11.2 Å². The highest BCUT2D eigenvalue weighted by atomic mass is 19.4. The minimum atomic E-state index is -4.64. The zero-order valence-corrected chi connectivity index (χ0v) is 22.8. The molecule has 3 saturated carbocycles. The third-order valence-electron chi connectivity index (χ3n) is 8.86. The maximum Gasteiger partial charge on any atom is 0.416 e. The van der Waals surface area contributed by atoms with Crippen LogP contribution >= 0.6 is 0 Å². The number of nitrogen functional groups attached to an aromatic ring is 1. The molecule has 14 heteroatoms. The number of nitrogens with two attached hydrogens (primary N) is 1. The number of aliphatic carboxylic acids is 1. The zero-order valence-electron chi connectivity index (χ0n) is 22.8. The van der Waals surface area contributed by atoms with Gasteiger partial charge in [-0.2, -0.15) is 13.2 Å². The van der Waals surface area contributed by atoms with Gasteiger partial charge in [-0.05, 0) is 62.8 Å². The van der Waals surface area contributed by atoms with E-state index in [2.05, 4.69) is 15.3 Å². The number of carbonyl (C=O) groups excluding carboxylic acids is 1. The summed E-state index contributed by atoms with van der Waals surface area (Å²) >= 11 is 0. The zero-order chi connectivity index (χ0) is 30.7. The Labute approximate surface area is 241 Å². The van der Waals surface area contributed by atoms with Crippen molar-refractivity contribution in [1.29, 1.82) is 0 Å². The number of carbonyl (C=O) groups is 2. The predicted molar refractivity (Wildman–Crippen MR) is 146 cm³/mol. The third-order valence-corrected chi connectivity index (χ3v) is 8.86. The first-order valence-electron chi connectivity index (χ1n) is 13.5. The standard InChI is InChI=1S/C29H26F4N6O4/c1-43-18-13-15(24(40)37-19-14-16(2-9-35-19)29(31,32)33)12-17(30)20(18)21-22-23(34)36-10-11-39(22)25(38-21)27-3-6-28(7-4-27,8-5-27)26(41)42/h2,9-14H,3-8H2,1H3,(H2,34,36)(H,41,42)(H,35,37,40). The lowest BCUT2D eigenvalue weighted by Crippen LogP contribution is -2.48. The highest BCUT2D eigenvalue weighted by Crippen LogP contribution is 2.58. The van der Waals surface area contributed by atoms with Crippen LogP contribution in [-0.4, -0.2) is 43.4 Å². The summed E-state index contributed by atoms with van der Waals surface area (Å²) in [7, 11) is 1.28. The van der Waals surface area contributed by atoms with Crippen LogP contribution < -0.4 is 15.8 Å². The van der Waals surface area contributed by atoms with Crippen LogP contribution in [-0.2, 0) is 16.4 Å². The number of hydrogen-bond acceptors (Lipinski definition) is 7. The molecule has 2 bridgehead atoms. The van der Waals surface area contributed by atoms with Crippen LogP contribution in [0.25, 0.3) is 16.8 Å². The molecule has 0 aliphatic heterocycles. The fraction of sp³-hybridized carbons (Fsp3) is 0.345. The third kappa shape index (κ3) is 4.61. The van der Waals surface area contributed by atoms with Gasteiger partial charge in [0.05, 0.1) is 23.7 Å². The van der Waals surface area contributed by atoms with Gasteiger partial charge in [-0.3, -0.25) is 14.0 Å². The normalized spacial score (nSPS) is 21.6. The van der Waals surface area contributed by atoms with Crippen LogP contribution in [0.15, 0.2) is 42.9 Å². The van der Waals surface area contributed by atoms with Crippen LogP contribution in [0.4, 0.5) is 29.2 Å². The number of nitrogens with one attached hydrogen (secondary N) is 1. The van der Waals surface area contributed by atoms with E-state index in [9.17, 15) is 27.9 Å². The number of nitrogens with zero attached hydrogens (tertiary/aromatic N) is 4. The lowest BCUT2D eigenvalue weighted by molar-refractivity contribution is -0.156. The average Bonchev–Trinajstić information content (AvgIpc) is 3.38. The van der Waals surface area contributed by atoms with Crippen LogP contribution in [0.1, 0.15) is 60.3 Å². The van der Waals surface area contributed by atoms with E-state index in [0.29, 0.717) is 55.9 Å². The maximum absolute atomic E-state index is 15.9. The van der Waals surface area contributed by atoms with Gasteiger partial charge in [-0.1, -0.05) is 0 Å². The molecule has 43 heavy (non-hydrogen) atoms. The summed E-state index contributed by atoms with van der Waals surface area (Å²) < 4.78 is 62.4. The Balaban J connectivity index is 1.40. The number of hydrogen-bond donors (Lipinski definition) is 3. The molecule has 3 aliphatic carbocycles. The first-order valence-corrected chi connectivity index (χ1v) is 13.5. The van der Waals surface area contributed by atoms with Crippen molar-refractivity contribution in [2.75, 3.05) is 18.2 Å². The van der Waals surface area contributed by atoms with Crippen molar-refractivity contribution in [2.24, 2.45) is 5.41 Å². The number of amides is 1. The molecule has 224 valence electrons. The molecular weight excluding hydrogens is 572 g/mol. The topological polar surface area (TPSA) is 145 Å². The first-order chi connectivity index (χ1) is 20.4. The molecule has 0 radical (unpaired) electrons. The van der Waals surface area contributed by atoms with E-state index in [-0.39, 0.29) is 34.2 Å². The lowest BCUT2D eigenvalue weighted by Gasteiger charge is -2.50. The van der Waals surface area contributed by atoms with Gasteiger partial charge in [-0.25, -0.2) is 19.3 Å². The Morgan fingerprint density at radius 3 is 2.40 bits per heavy atom. The molecule has 7 rings (SSSR count). The number of alkyl halides is 3. The molecular formula is C29H26F4N6O4. The van der Waals surface area contributed by atoms with Crippen LogP contribution in [0.2, 0.25) is 0 Å². The SMILES string of the molecule is COc1cc(C(=O)Nc2cc(C(F)(F)F)ccn2)cc(F)c1-c1nc(C23CCC(C(=O)O)(CC2)CC3)n2ccnc(N)c12. The molecule has 10 nitrogen and oxygen atoms in total. The molecule has 3 heterocycles. The Morgan fingerprint density at radius 1 is 1.07 bits per heavy atom. The summed E-state index contributed by atoms with van der Waals surface area (Å²) in [6.45, 7) is 0. The van der Waals surface area contributed by atoms with Gasteiger partial charge in [0.15, 0.2) is 0 Å². The lowest BCUT2D eigenvalue weighted by atomic mass is 9.53. The summed E-state index contributed by atoms with van der Waals surface area (Å²) in [5.74, 6) is -2.31. The van der Waals surface area contributed by atoms with Crippen molar-refractivity contribution < 1.29 is 37.0 Å². The number of rotatable bonds is 6. The van der Waals surface area contributed by atoms with Crippen molar-refractivity contribution in [3.63, 3.8) is 0 Å². The van der Waals surface area contributed by atoms with Gasteiger partial charge in [0.2, 0.25) is 0 Å². The van der Waals surface area contributed by atoms with Crippen LogP contribution in [0.3, 0.4) is 0 Å². The second-order valence-corrected chi connectivity index (χ2v) is 11.1. The number of fused-ring (bicyclic) bond motifs is 4. The van der Waals surface area contributed by atoms with E-state index < -0.39 is 40.3 Å². The minimum Gasteiger partial charge on any atom is -0.496 e. The van der Waals surface area contributed by atoms with Gasteiger partial charge in [0.1, 0.15) is 40.2 Å². The van der Waals surface area contributed by atoms with Crippen LogP contribution in [0.5, 0.6) is 5.75 Å². The molecule has 0 atom stereocenters. The van der Waals surface area contributed by atoms with Crippen molar-refractivity contribution in [1.82, 2.24) is 19.4 Å². The van der Waals surface area contributed by atoms with Crippen molar-refractivity contribution in [3.05, 3.63) is 65.6 Å². The molecule has 1 amide bonds. The largest absolute Gasteiger partial charge is 0.496 e. The second-order valence-electron chi connectivity index (χ2n) is 11.1. The number of carboxylic acids is 1. The fourth-order valence-corrected chi connectivity index (χ4v) is 6.42. The van der Waals surface area contributed by atoms with Gasteiger partial charge in [0.25, 0.3) is 5.91 Å². The number of halogens is 4. The first kappa shape index (κ1) is 28.4. The minimum absolute atomic E-state index is 0.0633. The second kappa shape index (κ2) is 9.92. The number of anilines is 2. The Hall–Kier alpha value is -4.75. The van der Waals surface area contributed by atoms with E-state index in [1.54, 1.807) is 10.6 Å². The number of aromatic nitrogens is 4. The van der Waals surface area contributed by atoms with Crippen molar-refractivity contribution in [2.45, 2.75) is 50.1 Å². The monoisotopic (exact) mass is 598 g/mol. The summed E-state index contributed by atoms with van der Waals surface area (Å²) in [5.41, 5.74) is 4.24. The quantitative estimate of drug-likeness (QED) is 0.248. The molecule has 0 spiro atoms. The summed E-state index contributed by atoms with van der Waals surface area (Å²) in [6.07, 6.45) is 2.68. The van der Waals surface area contributed by atoms with E-state index in [1.165, 1.54) is 19.4 Å². The van der Waals surface area contributed by atoms with Gasteiger partial charge < -0.3 is 20.9 Å². The number of carboxylic acid groups (broad SMARTS) is 1. The van der Waals surface area contributed by atoms with Gasteiger partial charge >= 0.3 is 12.1 Å². The molecule has 1 aromatic carbocycles. The number of methoxy groups -OCH3 is 1. The summed E-state index contributed by atoms with van der Waals surface area (Å²) in [4.78, 5) is 37.7. The number of benzene rings is 1. The Bertz CT molecular complexity index is 1760. The van der Waals surface area contributed by atoms with Gasteiger partial charge in [0, 0.05) is 29.6 Å². The van der Waals surface area contributed by atoms with Gasteiger partial charge in [-0.15, -0.1) is 0 Å².